The molecule has 0 aliphatic heterocycles. The molecule has 0 radical (unpaired) electrons. The van der Waals surface area contributed by atoms with Gasteiger partial charge in [-0.05, 0) is 248 Å². The fourth-order valence-electron chi connectivity index (χ4n) is 13.1. The minimum atomic E-state index is -0.591. The molecule has 0 amide bonds. The van der Waals surface area contributed by atoms with Gasteiger partial charge in [-0.1, -0.05) is 290 Å². The molecule has 0 spiro atoms. The summed E-state index contributed by atoms with van der Waals surface area (Å²) in [6.45, 7) is 24.7. The van der Waals surface area contributed by atoms with Crippen LogP contribution in [0.4, 0.5) is 0 Å². The number of esters is 1. The lowest BCUT2D eigenvalue weighted by Crippen LogP contribution is -3.62. The zero-order chi connectivity index (χ0) is 82.8. The van der Waals surface area contributed by atoms with Gasteiger partial charge in [-0.2, -0.15) is 0 Å². The van der Waals surface area contributed by atoms with Crippen LogP contribution in [0.3, 0.4) is 0 Å². The van der Waals surface area contributed by atoms with E-state index < -0.39 is 6.10 Å². The van der Waals surface area contributed by atoms with Crippen LogP contribution in [0.15, 0.2) is 243 Å². The van der Waals surface area contributed by atoms with Crippen LogP contribution in [-0.4, -0.2) is 32.4 Å². The molecular formula is C106H140I5O5+5. The van der Waals surface area contributed by atoms with Gasteiger partial charge in [0.2, 0.25) is 0 Å². The molecule has 1 unspecified atom stereocenters. The molecule has 10 heteroatoms. The third-order valence-corrected chi connectivity index (χ3v) is 33.8. The van der Waals surface area contributed by atoms with Crippen molar-refractivity contribution in [2.75, 3.05) is 20.3 Å². The van der Waals surface area contributed by atoms with E-state index in [4.69, 9.17) is 18.9 Å². The van der Waals surface area contributed by atoms with E-state index in [-0.39, 0.29) is 112 Å². The predicted octanol–water partition coefficient (Wildman–Crippen LogP) is 13.5. The number of benzene rings is 10. The molecule has 0 fully saturated rings. The number of ether oxygens (including phenoxy) is 4. The Kier molecular flexibility index (Phi) is 53.9. The number of hydrogen-bond acceptors (Lipinski definition) is 5. The first-order valence-electron chi connectivity index (χ1n) is 43.7. The second-order valence-electron chi connectivity index (χ2n) is 30.6. The fraction of sp³-hybridized carbons (Fsp3) is 0.425. The topological polar surface area (TPSA) is 54.0 Å². The summed E-state index contributed by atoms with van der Waals surface area (Å²) in [5.41, 5.74) is 9.91. The van der Waals surface area contributed by atoms with E-state index in [1.165, 1.54) is 247 Å². The van der Waals surface area contributed by atoms with Gasteiger partial charge in [0.25, 0.3) is 0 Å². The molecule has 10 aromatic rings. The molecule has 1 atom stereocenters. The Bertz CT molecular complexity index is 3970. The first-order valence-corrected chi connectivity index (χ1v) is 54.5. The Hall–Kier alpha value is -5.28. The number of carbonyl (C=O) groups excluding carboxylic acids is 1. The number of carbonyl (C=O) groups is 1. The third-order valence-electron chi connectivity index (χ3n) is 19.5. The Labute approximate surface area is 756 Å². The number of aryl methyl sites for hydroxylation is 6. The lowest BCUT2D eigenvalue weighted by molar-refractivity contribution is -0.598. The molecule has 0 N–H and O–H groups in total. The maximum Gasteiger partial charge on any atom is 0.358 e. The van der Waals surface area contributed by atoms with Crippen LogP contribution in [0, 0.1) is 69.3 Å². The van der Waals surface area contributed by atoms with Crippen molar-refractivity contribution >= 4 is 5.97 Å². The van der Waals surface area contributed by atoms with Crippen molar-refractivity contribution in [2.45, 2.75) is 268 Å². The first-order chi connectivity index (χ1) is 56.6. The molecule has 624 valence electrons. The highest BCUT2D eigenvalue weighted by atomic mass is 127. The van der Waals surface area contributed by atoms with Crippen molar-refractivity contribution in [3.8, 4) is 17.2 Å². The minimum Gasteiger partial charge on any atom is -0.497 e. The first kappa shape index (κ1) is 99.5. The van der Waals surface area contributed by atoms with E-state index in [9.17, 15) is 4.79 Å². The number of unbranched alkanes of at least 4 members (excludes halogenated alkanes) is 23. The molecule has 10 aromatic carbocycles. The summed E-state index contributed by atoms with van der Waals surface area (Å²) < 4.78 is 36.3. The Morgan fingerprint density at radius 2 is 0.629 bits per heavy atom. The molecule has 10 rings (SSSR count). The van der Waals surface area contributed by atoms with Gasteiger partial charge in [0.1, 0.15) is 17.2 Å². The van der Waals surface area contributed by atoms with Crippen molar-refractivity contribution < 1.29 is 130 Å². The van der Waals surface area contributed by atoms with Crippen LogP contribution >= 0.6 is 0 Å². The molecule has 5 nitrogen and oxygen atoms in total. The summed E-state index contributed by atoms with van der Waals surface area (Å²) >= 11 is -0.413. The zero-order valence-electron chi connectivity index (χ0n) is 72.6. The van der Waals surface area contributed by atoms with Crippen LogP contribution in [0.2, 0.25) is 0 Å². The summed E-state index contributed by atoms with van der Waals surface area (Å²) in [6.07, 6.45) is 39.3. The van der Waals surface area contributed by atoms with Gasteiger partial charge in [-0.3, -0.25) is 0 Å². The van der Waals surface area contributed by atoms with E-state index in [1.54, 1.807) is 28.1 Å². The van der Waals surface area contributed by atoms with Crippen molar-refractivity contribution in [2.24, 2.45) is 5.92 Å². The summed E-state index contributed by atoms with van der Waals surface area (Å²) in [5, 5.41) is 0. The SMILES string of the molecule is CCCCCCCCCCCCc1ccc([I+]c2ccc(CCCCCCCCCCCC)cc2)cc1.CCCCCCCCOc1ccc([I+]c2ccc(OC)cc2)cc1.CCOC(=O)C(C)Oc1ccc([I+]c2c(C)cc(C)cc2C)cc1.Cc1ccc([I+]c2ccc(CC(C)C)cc2)cc1.c1ccc([I+]c2ccccc2)cc1. The largest absolute Gasteiger partial charge is 0.497 e. The van der Waals surface area contributed by atoms with Crippen LogP contribution in [0.5, 0.6) is 17.2 Å². The highest BCUT2D eigenvalue weighted by Gasteiger charge is 2.24. The van der Waals surface area contributed by atoms with Crippen molar-refractivity contribution in [3.05, 3.63) is 317 Å². The van der Waals surface area contributed by atoms with Gasteiger partial charge in [0.15, 0.2) is 41.8 Å². The Morgan fingerprint density at radius 1 is 0.319 bits per heavy atom. The summed E-state index contributed by atoms with van der Waals surface area (Å²) in [5.74, 6) is 3.01. The van der Waals surface area contributed by atoms with E-state index in [0.717, 1.165) is 30.4 Å². The fourth-order valence-corrected chi connectivity index (χ4v) is 24.3. The number of methoxy groups -OCH3 is 1. The molecule has 0 bridgehead atoms. The second-order valence-corrected chi connectivity index (χ2v) is 45.6. The lowest BCUT2D eigenvalue weighted by atomic mass is 10.0. The highest BCUT2D eigenvalue weighted by molar-refractivity contribution is 5.74. The van der Waals surface area contributed by atoms with Crippen LogP contribution in [-0.2, 0) is 28.8 Å². The van der Waals surface area contributed by atoms with E-state index >= 15 is 0 Å². The Morgan fingerprint density at radius 3 is 0.991 bits per heavy atom. The molecule has 0 aromatic heterocycles. The van der Waals surface area contributed by atoms with Gasteiger partial charge in [-0.15, -0.1) is 0 Å². The molecule has 0 saturated heterocycles. The average Bonchev–Trinajstić information content (AvgIpc) is 0.854. The number of hydrogen-bond donors (Lipinski definition) is 0. The monoisotopic (exact) mass is 2130 g/mol. The van der Waals surface area contributed by atoms with Crippen LogP contribution in [0.1, 0.15) is 254 Å². The highest BCUT2D eigenvalue weighted by Crippen LogP contribution is 2.18. The smallest absolute Gasteiger partial charge is 0.358 e. The van der Waals surface area contributed by atoms with E-state index in [1.807, 2.05) is 24.3 Å². The predicted molar refractivity (Wildman–Crippen MR) is 472 cm³/mol. The second kappa shape index (κ2) is 62.8. The van der Waals surface area contributed by atoms with Crippen molar-refractivity contribution in [1.82, 2.24) is 0 Å². The molecule has 0 saturated carbocycles. The molecular weight excluding hydrogens is 1990 g/mol. The number of halogens is 5. The average molecular weight is 2130 g/mol. The van der Waals surface area contributed by atoms with Gasteiger partial charge in [0, 0.05) is 11.1 Å². The lowest BCUT2D eigenvalue weighted by Gasteiger charge is -2.12. The normalized spacial score (nSPS) is 11.0. The van der Waals surface area contributed by atoms with Gasteiger partial charge in [0.05, 0.1) is 20.3 Å². The van der Waals surface area contributed by atoms with E-state index in [0.29, 0.717) is 12.4 Å². The maximum absolute atomic E-state index is 11.6. The zero-order valence-corrected chi connectivity index (χ0v) is 83.4. The van der Waals surface area contributed by atoms with E-state index in [2.05, 4.69) is 281 Å². The standard InChI is InChI=1S/C36H58I.C21H28IO2.C20H24IO3.C17H20I.C12H10I/c1-3-5-7-9-11-13-15-17-19-21-23-33-25-29-35(30-26-33)37-36-31-27-34(28-32-36)24-22-20-18-16-14-12-10-8-6-4-2;1-3-4-5-6-7-8-17-24-21-15-11-19(12-16-21)22-18-9-13-20(23-2)14-10-18;1-6-23-20(22)16(5)24-18-9-7-17(8-10-18)21-19-14(3)11-13(2)12-15(19)4;1-13(2)12-15-6-10-17(11-7-15)18-16-8-4-14(3)5-9-16;1-3-7-11(8-4-1)13-12-9-5-2-6-10-12/h25-32H,3-24H2,1-2H3;9-16H,3-8,17H2,1-2H3;7-12,16H,6H2,1-5H3;4-11,13H,12H2,1-3H3;1-10H/q5*+1. The van der Waals surface area contributed by atoms with Crippen LogP contribution < -0.4 is 120 Å². The Balaban J connectivity index is 0.000000234. The third kappa shape index (κ3) is 45.4. The minimum absolute atomic E-state index is 0.0179. The van der Waals surface area contributed by atoms with Gasteiger partial charge >= 0.3 is 112 Å². The molecule has 116 heavy (non-hydrogen) atoms. The summed E-state index contributed by atoms with van der Waals surface area (Å²) in [7, 11) is 1.70. The van der Waals surface area contributed by atoms with Crippen molar-refractivity contribution in [3.63, 3.8) is 0 Å². The summed E-state index contributed by atoms with van der Waals surface area (Å²) in [6, 6.07) is 88.3. The quantitative estimate of drug-likeness (QED) is 0.0216. The van der Waals surface area contributed by atoms with Gasteiger partial charge in [-0.25, -0.2) is 4.79 Å². The molecule has 0 aliphatic rings. The van der Waals surface area contributed by atoms with Gasteiger partial charge < -0.3 is 18.9 Å². The number of rotatable bonds is 47. The summed E-state index contributed by atoms with van der Waals surface area (Å²) in [4.78, 5) is 11.6. The molecule has 0 aliphatic carbocycles. The van der Waals surface area contributed by atoms with Crippen molar-refractivity contribution in [1.29, 1.82) is 0 Å². The van der Waals surface area contributed by atoms with Crippen LogP contribution in [0.25, 0.3) is 0 Å². The molecule has 0 heterocycles. The maximum atomic E-state index is 11.6.